The van der Waals surface area contributed by atoms with Crippen LogP contribution in [-0.4, -0.2) is 29.1 Å². The number of likely N-dealkylation sites (tertiary alicyclic amines) is 1. The maximum Gasteiger partial charge on any atom is 0.306 e. The number of carboxylic acid groups (broad SMARTS) is 1. The molecule has 1 heterocycles. The number of aliphatic carboxylic acids is 1. The minimum Gasteiger partial charge on any atom is -0.481 e. The van der Waals surface area contributed by atoms with E-state index < -0.39 is 5.97 Å². The van der Waals surface area contributed by atoms with Gasteiger partial charge in [-0.2, -0.15) is 0 Å². The zero-order chi connectivity index (χ0) is 20.5. The van der Waals surface area contributed by atoms with Crippen LogP contribution in [0.4, 0.5) is 0 Å². The van der Waals surface area contributed by atoms with Crippen LogP contribution in [0.3, 0.4) is 0 Å². The van der Waals surface area contributed by atoms with E-state index in [4.69, 9.17) is 0 Å². The number of carbonyl (C=O) groups is 1. The molecule has 0 amide bonds. The molecule has 1 fully saturated rings. The number of rotatable bonds is 4. The average Bonchev–Trinajstić information content (AvgIpc) is 2.80. The smallest absolute Gasteiger partial charge is 0.306 e. The van der Waals surface area contributed by atoms with Gasteiger partial charge >= 0.3 is 5.97 Å². The topological polar surface area (TPSA) is 40.5 Å². The lowest BCUT2D eigenvalue weighted by molar-refractivity contribution is -0.143. The van der Waals surface area contributed by atoms with Gasteiger partial charge in [0.05, 0.1) is 12.0 Å². The molecule has 1 unspecified atom stereocenters. The Balaban J connectivity index is 1.63. The van der Waals surface area contributed by atoms with Crippen molar-refractivity contribution in [3.63, 3.8) is 0 Å². The molecule has 1 atom stereocenters. The maximum atomic E-state index is 11.5. The minimum atomic E-state index is -0.665. The molecule has 0 bridgehead atoms. The average molecular weight is 396 g/mol. The monoisotopic (exact) mass is 395 g/mol. The predicted molar refractivity (Wildman–Crippen MR) is 122 cm³/mol. The quantitative estimate of drug-likeness (QED) is 0.469. The molecule has 30 heavy (non-hydrogen) atoms. The second-order valence-corrected chi connectivity index (χ2v) is 8.23. The van der Waals surface area contributed by atoms with Crippen molar-refractivity contribution in [3.05, 3.63) is 96.1 Å². The van der Waals surface area contributed by atoms with Crippen LogP contribution in [-0.2, 0) is 4.79 Å². The highest BCUT2D eigenvalue weighted by molar-refractivity contribution is 5.87. The maximum absolute atomic E-state index is 11.5. The zero-order valence-corrected chi connectivity index (χ0v) is 16.9. The summed E-state index contributed by atoms with van der Waals surface area (Å²) in [6, 6.07) is 30.4. The molecule has 3 nitrogen and oxygen atoms in total. The van der Waals surface area contributed by atoms with Crippen LogP contribution in [0.1, 0.15) is 30.0 Å². The molecule has 1 N–H and O–H groups in total. The van der Waals surface area contributed by atoms with Gasteiger partial charge < -0.3 is 5.11 Å². The van der Waals surface area contributed by atoms with Crippen molar-refractivity contribution < 1.29 is 9.90 Å². The van der Waals surface area contributed by atoms with Gasteiger partial charge in [-0.3, -0.25) is 9.69 Å². The van der Waals surface area contributed by atoms with Crippen molar-refractivity contribution in [2.75, 3.05) is 13.1 Å². The Labute approximate surface area is 176 Å². The van der Waals surface area contributed by atoms with Crippen molar-refractivity contribution in [2.45, 2.75) is 18.9 Å². The van der Waals surface area contributed by atoms with E-state index in [0.717, 1.165) is 13.1 Å². The summed E-state index contributed by atoms with van der Waals surface area (Å²) < 4.78 is 0. The molecule has 1 aliphatic heterocycles. The Bertz CT molecular complexity index is 1200. The van der Waals surface area contributed by atoms with Gasteiger partial charge in [-0.15, -0.1) is 0 Å². The van der Waals surface area contributed by atoms with Crippen molar-refractivity contribution >= 4 is 27.5 Å². The van der Waals surface area contributed by atoms with Gasteiger partial charge in [0, 0.05) is 0 Å². The largest absolute Gasteiger partial charge is 0.481 e. The summed E-state index contributed by atoms with van der Waals surface area (Å²) in [5.41, 5.74) is 2.55. The highest BCUT2D eigenvalue weighted by Crippen LogP contribution is 2.37. The molecule has 0 radical (unpaired) electrons. The van der Waals surface area contributed by atoms with Crippen LogP contribution in [0.2, 0.25) is 0 Å². The van der Waals surface area contributed by atoms with E-state index >= 15 is 0 Å². The van der Waals surface area contributed by atoms with Gasteiger partial charge in [-0.25, -0.2) is 0 Å². The first kappa shape index (κ1) is 18.8. The molecule has 1 aliphatic rings. The molecular formula is C27H25NO2. The van der Waals surface area contributed by atoms with Crippen LogP contribution in [0.5, 0.6) is 0 Å². The van der Waals surface area contributed by atoms with E-state index in [2.05, 4.69) is 89.8 Å². The van der Waals surface area contributed by atoms with Crippen molar-refractivity contribution in [1.29, 1.82) is 0 Å². The number of carboxylic acids is 1. The Morgan fingerprint density at radius 1 is 0.800 bits per heavy atom. The standard InChI is InChI=1S/C27H25NO2/c29-27(30)21-14-16-28(17-15-21)26(23-13-12-19-6-1-2-8-22(19)18-23)25-11-5-9-20-7-3-4-10-24(20)25/h1-13,18,21,26H,14-17H2,(H,29,30). The third-order valence-corrected chi connectivity index (χ3v) is 6.45. The van der Waals surface area contributed by atoms with Gasteiger partial charge in [-0.1, -0.05) is 78.9 Å². The molecule has 1 saturated heterocycles. The van der Waals surface area contributed by atoms with E-state index in [-0.39, 0.29) is 12.0 Å². The summed E-state index contributed by atoms with van der Waals surface area (Å²) >= 11 is 0. The van der Waals surface area contributed by atoms with Crippen molar-refractivity contribution in [1.82, 2.24) is 4.90 Å². The molecule has 4 aromatic rings. The fourth-order valence-corrected chi connectivity index (χ4v) is 4.86. The Morgan fingerprint density at radius 2 is 1.47 bits per heavy atom. The molecule has 150 valence electrons. The van der Waals surface area contributed by atoms with E-state index in [1.165, 1.54) is 32.7 Å². The first-order chi connectivity index (χ1) is 14.7. The summed E-state index contributed by atoms with van der Waals surface area (Å²) in [4.78, 5) is 13.9. The first-order valence-electron chi connectivity index (χ1n) is 10.6. The highest BCUT2D eigenvalue weighted by atomic mass is 16.4. The number of piperidine rings is 1. The fourth-order valence-electron chi connectivity index (χ4n) is 4.86. The van der Waals surface area contributed by atoms with E-state index in [1.54, 1.807) is 0 Å². The van der Waals surface area contributed by atoms with Gasteiger partial charge in [0.15, 0.2) is 0 Å². The van der Waals surface area contributed by atoms with Crippen LogP contribution in [0.15, 0.2) is 84.9 Å². The normalized spacial score (nSPS) is 16.7. The summed E-state index contributed by atoms with van der Waals surface area (Å²) in [5.74, 6) is -0.895. The zero-order valence-electron chi connectivity index (χ0n) is 16.9. The van der Waals surface area contributed by atoms with Crippen LogP contribution < -0.4 is 0 Å². The number of fused-ring (bicyclic) bond motifs is 2. The van der Waals surface area contributed by atoms with Crippen LogP contribution in [0, 0.1) is 5.92 Å². The van der Waals surface area contributed by atoms with Crippen molar-refractivity contribution in [2.24, 2.45) is 5.92 Å². The second-order valence-electron chi connectivity index (χ2n) is 8.23. The molecule has 0 spiro atoms. The van der Waals surface area contributed by atoms with E-state index in [1.807, 2.05) is 0 Å². The lowest BCUT2D eigenvalue weighted by Crippen LogP contribution is -2.39. The van der Waals surface area contributed by atoms with Crippen LogP contribution >= 0.6 is 0 Å². The molecule has 0 aromatic heterocycles. The Kier molecular flexibility index (Phi) is 4.97. The minimum absolute atomic E-state index is 0.107. The molecule has 0 saturated carbocycles. The van der Waals surface area contributed by atoms with E-state index in [9.17, 15) is 9.90 Å². The lowest BCUT2D eigenvalue weighted by Gasteiger charge is -2.37. The molecule has 0 aliphatic carbocycles. The third-order valence-electron chi connectivity index (χ3n) is 6.45. The van der Waals surface area contributed by atoms with Gasteiger partial charge in [0.2, 0.25) is 0 Å². The molecular weight excluding hydrogens is 370 g/mol. The second kappa shape index (κ2) is 7.92. The third kappa shape index (κ3) is 3.46. The van der Waals surface area contributed by atoms with Gasteiger partial charge in [-0.05, 0) is 64.7 Å². The predicted octanol–water partition coefficient (Wildman–Crippen LogP) is 5.88. The van der Waals surface area contributed by atoms with Gasteiger partial charge in [0.25, 0.3) is 0 Å². The number of hydrogen-bond donors (Lipinski definition) is 1. The number of benzene rings is 4. The van der Waals surface area contributed by atoms with Gasteiger partial charge in [0.1, 0.15) is 0 Å². The molecule has 4 aromatic carbocycles. The highest BCUT2D eigenvalue weighted by Gasteiger charge is 2.31. The summed E-state index contributed by atoms with van der Waals surface area (Å²) in [6.07, 6.45) is 1.40. The first-order valence-corrected chi connectivity index (χ1v) is 10.6. The number of nitrogens with zero attached hydrogens (tertiary/aromatic N) is 1. The lowest BCUT2D eigenvalue weighted by atomic mass is 9.88. The van der Waals surface area contributed by atoms with E-state index in [0.29, 0.717) is 12.8 Å². The molecule has 5 rings (SSSR count). The van der Waals surface area contributed by atoms with Crippen molar-refractivity contribution in [3.8, 4) is 0 Å². The fraction of sp³-hybridized carbons (Fsp3) is 0.222. The summed E-state index contributed by atoms with van der Waals surface area (Å²) in [6.45, 7) is 1.58. The SMILES string of the molecule is O=C(O)C1CCN(C(c2ccc3ccccc3c2)c2cccc3ccccc23)CC1. The number of hydrogen-bond acceptors (Lipinski definition) is 2. The summed E-state index contributed by atoms with van der Waals surface area (Å²) in [5, 5.41) is 14.4. The molecule has 3 heteroatoms. The summed E-state index contributed by atoms with van der Waals surface area (Å²) in [7, 11) is 0. The Hall–Kier alpha value is -3.17. The Morgan fingerprint density at radius 3 is 2.23 bits per heavy atom. The van der Waals surface area contributed by atoms with Crippen LogP contribution in [0.25, 0.3) is 21.5 Å².